The highest BCUT2D eigenvalue weighted by Crippen LogP contribution is 2.17. The van der Waals surface area contributed by atoms with Crippen LogP contribution in [0.3, 0.4) is 0 Å². The average Bonchev–Trinajstić information content (AvgIpc) is 2.70. The fourth-order valence-corrected chi connectivity index (χ4v) is 1.82. The Hall–Kier alpha value is -0.420. The second-order valence-electron chi connectivity index (χ2n) is 2.93. The number of aliphatic hydroxyl groups is 1. The lowest BCUT2D eigenvalue weighted by Gasteiger charge is -2.09. The van der Waals surface area contributed by atoms with Crippen LogP contribution in [0.25, 0.3) is 0 Å². The van der Waals surface area contributed by atoms with Gasteiger partial charge in [-0.2, -0.15) is 0 Å². The molecule has 0 aliphatic heterocycles. The van der Waals surface area contributed by atoms with Crippen molar-refractivity contribution in [3.05, 3.63) is 22.4 Å². The summed E-state index contributed by atoms with van der Waals surface area (Å²) < 4.78 is 5.16. The van der Waals surface area contributed by atoms with E-state index in [2.05, 4.69) is 5.32 Å². The van der Waals surface area contributed by atoms with E-state index >= 15 is 0 Å². The Morgan fingerprint density at radius 3 is 3.14 bits per heavy atom. The predicted molar refractivity (Wildman–Crippen MR) is 58.6 cm³/mol. The molecule has 0 saturated heterocycles. The maximum Gasteiger partial charge on any atom is 0.101 e. The van der Waals surface area contributed by atoms with E-state index in [9.17, 15) is 5.11 Å². The zero-order valence-corrected chi connectivity index (χ0v) is 9.22. The van der Waals surface area contributed by atoms with E-state index in [0.29, 0.717) is 13.2 Å². The van der Waals surface area contributed by atoms with Crippen molar-refractivity contribution < 1.29 is 9.84 Å². The van der Waals surface area contributed by atoms with Crippen LogP contribution in [0.15, 0.2) is 17.5 Å². The Labute approximate surface area is 88.7 Å². The Morgan fingerprint density at radius 2 is 2.50 bits per heavy atom. The van der Waals surface area contributed by atoms with Crippen molar-refractivity contribution in [2.24, 2.45) is 0 Å². The van der Waals surface area contributed by atoms with Crippen LogP contribution in [0.1, 0.15) is 17.9 Å². The summed E-state index contributed by atoms with van der Waals surface area (Å²) in [5.74, 6) is 0. The van der Waals surface area contributed by atoms with Crippen LogP contribution in [0.4, 0.5) is 0 Å². The largest absolute Gasteiger partial charge is 0.386 e. The van der Waals surface area contributed by atoms with Gasteiger partial charge in [-0.25, -0.2) is 0 Å². The third kappa shape index (κ3) is 4.19. The summed E-state index contributed by atoms with van der Waals surface area (Å²) in [7, 11) is 0. The molecule has 1 atom stereocenters. The van der Waals surface area contributed by atoms with E-state index in [0.717, 1.165) is 18.0 Å². The molecule has 0 fully saturated rings. The van der Waals surface area contributed by atoms with Gasteiger partial charge >= 0.3 is 0 Å². The standard InChI is InChI=1S/C10H17NO2S/c1-2-13-6-5-11-8-9(12)10-4-3-7-14-10/h3-4,7,9,11-12H,2,5-6,8H2,1H3. The lowest BCUT2D eigenvalue weighted by molar-refractivity contribution is 0.139. The number of thiophene rings is 1. The summed E-state index contributed by atoms with van der Waals surface area (Å²) in [6.07, 6.45) is -0.392. The van der Waals surface area contributed by atoms with Gasteiger partial charge in [0.1, 0.15) is 6.10 Å². The molecule has 1 rings (SSSR count). The van der Waals surface area contributed by atoms with Crippen LogP contribution in [-0.2, 0) is 4.74 Å². The maximum absolute atomic E-state index is 9.67. The number of hydrogen-bond acceptors (Lipinski definition) is 4. The number of hydrogen-bond donors (Lipinski definition) is 2. The molecular weight excluding hydrogens is 198 g/mol. The van der Waals surface area contributed by atoms with Crippen LogP contribution >= 0.6 is 11.3 Å². The number of rotatable bonds is 7. The highest BCUT2D eigenvalue weighted by Gasteiger charge is 2.06. The number of aliphatic hydroxyl groups excluding tert-OH is 1. The molecule has 0 radical (unpaired) electrons. The summed E-state index contributed by atoms with van der Waals surface area (Å²) >= 11 is 1.58. The van der Waals surface area contributed by atoms with Crippen molar-refractivity contribution >= 4 is 11.3 Å². The van der Waals surface area contributed by atoms with Crippen LogP contribution in [0.5, 0.6) is 0 Å². The van der Waals surface area contributed by atoms with E-state index in [1.165, 1.54) is 0 Å². The maximum atomic E-state index is 9.67. The molecule has 0 spiro atoms. The average molecular weight is 215 g/mol. The van der Waals surface area contributed by atoms with E-state index in [1.807, 2.05) is 24.4 Å². The quantitative estimate of drug-likeness (QED) is 0.676. The van der Waals surface area contributed by atoms with Gasteiger partial charge in [0.2, 0.25) is 0 Å². The van der Waals surface area contributed by atoms with Gasteiger partial charge in [-0.1, -0.05) is 6.07 Å². The summed E-state index contributed by atoms with van der Waals surface area (Å²) in [4.78, 5) is 1.01. The van der Waals surface area contributed by atoms with Crippen molar-refractivity contribution in [3.63, 3.8) is 0 Å². The van der Waals surface area contributed by atoms with Gasteiger partial charge in [0, 0.05) is 24.6 Å². The van der Waals surface area contributed by atoms with Crippen molar-refractivity contribution in [2.45, 2.75) is 13.0 Å². The normalized spacial score (nSPS) is 13.0. The fourth-order valence-electron chi connectivity index (χ4n) is 1.11. The molecule has 0 aliphatic carbocycles. The summed E-state index contributed by atoms with van der Waals surface area (Å²) in [5, 5.41) is 14.8. The molecular formula is C10H17NO2S. The topological polar surface area (TPSA) is 41.5 Å². The van der Waals surface area contributed by atoms with Gasteiger partial charge in [0.25, 0.3) is 0 Å². The molecule has 14 heavy (non-hydrogen) atoms. The minimum atomic E-state index is -0.392. The highest BCUT2D eigenvalue weighted by molar-refractivity contribution is 7.10. The molecule has 0 amide bonds. The minimum Gasteiger partial charge on any atom is -0.386 e. The Balaban J connectivity index is 2.07. The molecule has 0 bridgehead atoms. The van der Waals surface area contributed by atoms with Crippen LogP contribution < -0.4 is 5.32 Å². The molecule has 4 heteroatoms. The molecule has 1 heterocycles. The van der Waals surface area contributed by atoms with Crippen molar-refractivity contribution in [2.75, 3.05) is 26.3 Å². The van der Waals surface area contributed by atoms with Crippen LogP contribution in [0.2, 0.25) is 0 Å². The van der Waals surface area contributed by atoms with Gasteiger partial charge in [-0.15, -0.1) is 11.3 Å². The molecule has 1 unspecified atom stereocenters. The third-order valence-corrected chi connectivity index (χ3v) is 2.81. The number of nitrogens with one attached hydrogen (secondary N) is 1. The Morgan fingerprint density at radius 1 is 1.64 bits per heavy atom. The molecule has 3 nitrogen and oxygen atoms in total. The van der Waals surface area contributed by atoms with Gasteiger partial charge in [0.15, 0.2) is 0 Å². The van der Waals surface area contributed by atoms with E-state index < -0.39 is 6.10 Å². The Bertz CT molecular complexity index is 226. The molecule has 0 saturated carbocycles. The van der Waals surface area contributed by atoms with E-state index in [1.54, 1.807) is 11.3 Å². The summed E-state index contributed by atoms with van der Waals surface area (Å²) in [6, 6.07) is 3.89. The third-order valence-electron chi connectivity index (χ3n) is 1.84. The first-order valence-corrected chi connectivity index (χ1v) is 5.72. The van der Waals surface area contributed by atoms with Crippen molar-refractivity contribution in [3.8, 4) is 0 Å². The summed E-state index contributed by atoms with van der Waals surface area (Å²) in [6.45, 7) is 4.80. The predicted octanol–water partition coefficient (Wildman–Crippen LogP) is 1.41. The lowest BCUT2D eigenvalue weighted by atomic mass is 10.3. The van der Waals surface area contributed by atoms with Crippen molar-refractivity contribution in [1.29, 1.82) is 0 Å². The molecule has 1 aromatic heterocycles. The molecule has 0 aromatic carbocycles. The first kappa shape index (κ1) is 11.7. The first-order chi connectivity index (χ1) is 6.84. The molecule has 1 aromatic rings. The van der Waals surface area contributed by atoms with Gasteiger partial charge in [0.05, 0.1) is 6.61 Å². The molecule has 2 N–H and O–H groups in total. The SMILES string of the molecule is CCOCCNCC(O)c1cccs1. The fraction of sp³-hybridized carbons (Fsp3) is 0.600. The monoisotopic (exact) mass is 215 g/mol. The minimum absolute atomic E-state index is 0.392. The second kappa shape index (κ2) is 6.95. The van der Waals surface area contributed by atoms with Crippen LogP contribution in [0, 0.1) is 0 Å². The van der Waals surface area contributed by atoms with E-state index in [4.69, 9.17) is 4.74 Å². The second-order valence-corrected chi connectivity index (χ2v) is 3.91. The molecule has 80 valence electrons. The lowest BCUT2D eigenvalue weighted by Crippen LogP contribution is -2.24. The zero-order valence-electron chi connectivity index (χ0n) is 8.40. The molecule has 0 aliphatic rings. The zero-order chi connectivity index (χ0) is 10.2. The van der Waals surface area contributed by atoms with Crippen molar-refractivity contribution in [1.82, 2.24) is 5.32 Å². The van der Waals surface area contributed by atoms with Gasteiger partial charge < -0.3 is 15.2 Å². The van der Waals surface area contributed by atoms with Gasteiger partial charge in [-0.05, 0) is 18.4 Å². The summed E-state index contributed by atoms with van der Waals surface area (Å²) in [5.41, 5.74) is 0. The van der Waals surface area contributed by atoms with Gasteiger partial charge in [-0.3, -0.25) is 0 Å². The smallest absolute Gasteiger partial charge is 0.101 e. The number of ether oxygens (including phenoxy) is 1. The Kier molecular flexibility index (Phi) is 5.78. The van der Waals surface area contributed by atoms with E-state index in [-0.39, 0.29) is 0 Å². The van der Waals surface area contributed by atoms with Crippen LogP contribution in [-0.4, -0.2) is 31.4 Å². The first-order valence-electron chi connectivity index (χ1n) is 4.84. The highest BCUT2D eigenvalue weighted by atomic mass is 32.1.